The molecule has 1 amide bonds. The van der Waals surface area contributed by atoms with Gasteiger partial charge in [-0.15, -0.1) is 0 Å². The molecular weight excluding hydrogens is 216 g/mol. The molecule has 0 aromatic carbocycles. The van der Waals surface area contributed by atoms with Crippen LogP contribution < -0.4 is 11.1 Å². The standard InChI is InChI=1S/C12H22N4O/c1-4-5-6-12(2,13)9-14-11(17)10-7-15-16(3)8-10/h7-8H,4-6,9,13H2,1-3H3,(H,14,17)/t12-/m1/s1. The van der Waals surface area contributed by atoms with Crippen LogP contribution in [0.25, 0.3) is 0 Å². The van der Waals surface area contributed by atoms with E-state index < -0.39 is 0 Å². The van der Waals surface area contributed by atoms with Gasteiger partial charge in [0.15, 0.2) is 0 Å². The summed E-state index contributed by atoms with van der Waals surface area (Å²) in [6.45, 7) is 4.58. The van der Waals surface area contributed by atoms with Crippen LogP contribution in [-0.2, 0) is 7.05 Å². The summed E-state index contributed by atoms with van der Waals surface area (Å²) < 4.78 is 1.60. The molecule has 0 spiro atoms. The molecule has 0 aliphatic heterocycles. The molecule has 0 saturated heterocycles. The molecule has 1 heterocycles. The molecule has 0 aliphatic carbocycles. The molecule has 0 fully saturated rings. The van der Waals surface area contributed by atoms with Crippen LogP contribution in [0.3, 0.4) is 0 Å². The molecule has 0 radical (unpaired) electrons. The first-order chi connectivity index (χ1) is 7.94. The zero-order valence-corrected chi connectivity index (χ0v) is 10.9. The molecule has 1 atom stereocenters. The first-order valence-corrected chi connectivity index (χ1v) is 6.00. The Morgan fingerprint density at radius 2 is 2.35 bits per heavy atom. The van der Waals surface area contributed by atoms with Crippen molar-refractivity contribution in [1.29, 1.82) is 0 Å². The van der Waals surface area contributed by atoms with Crippen molar-refractivity contribution in [2.75, 3.05) is 6.54 Å². The molecule has 0 bridgehead atoms. The highest BCUT2D eigenvalue weighted by Gasteiger charge is 2.19. The van der Waals surface area contributed by atoms with Crippen molar-refractivity contribution < 1.29 is 4.79 Å². The molecular formula is C12H22N4O. The van der Waals surface area contributed by atoms with Gasteiger partial charge < -0.3 is 11.1 Å². The van der Waals surface area contributed by atoms with Crippen LogP contribution in [-0.4, -0.2) is 27.8 Å². The van der Waals surface area contributed by atoms with Gasteiger partial charge in [0.2, 0.25) is 0 Å². The third-order valence-corrected chi connectivity index (χ3v) is 2.72. The van der Waals surface area contributed by atoms with Crippen molar-refractivity contribution >= 4 is 5.91 Å². The third-order valence-electron chi connectivity index (χ3n) is 2.72. The number of unbranched alkanes of at least 4 members (excludes halogenated alkanes) is 1. The largest absolute Gasteiger partial charge is 0.350 e. The van der Waals surface area contributed by atoms with E-state index >= 15 is 0 Å². The maximum absolute atomic E-state index is 11.8. The van der Waals surface area contributed by atoms with E-state index in [2.05, 4.69) is 17.3 Å². The van der Waals surface area contributed by atoms with Gasteiger partial charge in [-0.05, 0) is 13.3 Å². The fourth-order valence-corrected chi connectivity index (χ4v) is 1.59. The Bertz CT molecular complexity index is 370. The first kappa shape index (κ1) is 13.7. The summed E-state index contributed by atoms with van der Waals surface area (Å²) in [5.41, 5.74) is 6.33. The predicted molar refractivity (Wildman–Crippen MR) is 67.7 cm³/mol. The fraction of sp³-hybridized carbons (Fsp3) is 0.667. The highest BCUT2D eigenvalue weighted by Crippen LogP contribution is 2.09. The maximum Gasteiger partial charge on any atom is 0.254 e. The van der Waals surface area contributed by atoms with Crippen LogP contribution in [0.1, 0.15) is 43.5 Å². The predicted octanol–water partition coefficient (Wildman–Crippen LogP) is 1.06. The van der Waals surface area contributed by atoms with Crippen LogP contribution in [0.5, 0.6) is 0 Å². The fourth-order valence-electron chi connectivity index (χ4n) is 1.59. The van der Waals surface area contributed by atoms with E-state index in [-0.39, 0.29) is 11.4 Å². The van der Waals surface area contributed by atoms with Crippen LogP contribution in [0.2, 0.25) is 0 Å². The van der Waals surface area contributed by atoms with Crippen molar-refractivity contribution in [2.45, 2.75) is 38.6 Å². The average Bonchev–Trinajstić information content (AvgIpc) is 2.70. The van der Waals surface area contributed by atoms with Crippen LogP contribution >= 0.6 is 0 Å². The Labute approximate surface area is 102 Å². The summed E-state index contributed by atoms with van der Waals surface area (Å²) in [5.74, 6) is -0.119. The molecule has 96 valence electrons. The lowest BCUT2D eigenvalue weighted by molar-refractivity contribution is 0.0943. The number of aryl methyl sites for hydroxylation is 1. The van der Waals surface area contributed by atoms with Gasteiger partial charge in [0.25, 0.3) is 5.91 Å². The Balaban J connectivity index is 2.42. The summed E-state index contributed by atoms with van der Waals surface area (Å²) in [7, 11) is 1.78. The molecule has 0 unspecified atom stereocenters. The monoisotopic (exact) mass is 238 g/mol. The number of nitrogens with one attached hydrogen (secondary N) is 1. The summed E-state index contributed by atoms with van der Waals surface area (Å²) in [6, 6.07) is 0. The van der Waals surface area contributed by atoms with Crippen LogP contribution in [0.4, 0.5) is 0 Å². The summed E-state index contributed by atoms with van der Waals surface area (Å²) >= 11 is 0. The van der Waals surface area contributed by atoms with Crippen LogP contribution in [0, 0.1) is 0 Å². The zero-order chi connectivity index (χ0) is 12.9. The summed E-state index contributed by atoms with van der Waals surface area (Å²) in [5, 5.41) is 6.80. The van der Waals surface area contributed by atoms with Gasteiger partial charge in [0.05, 0.1) is 11.8 Å². The molecule has 3 N–H and O–H groups in total. The van der Waals surface area contributed by atoms with Crippen molar-refractivity contribution in [3.63, 3.8) is 0 Å². The molecule has 17 heavy (non-hydrogen) atoms. The smallest absolute Gasteiger partial charge is 0.254 e. The second-order valence-corrected chi connectivity index (χ2v) is 4.84. The lowest BCUT2D eigenvalue weighted by Gasteiger charge is -2.24. The number of amides is 1. The number of carbonyl (C=O) groups is 1. The normalized spacial score (nSPS) is 14.4. The molecule has 1 aromatic rings. The van der Waals surface area contributed by atoms with Gasteiger partial charge in [-0.1, -0.05) is 19.8 Å². The molecule has 1 rings (SSSR count). The maximum atomic E-state index is 11.8. The molecule has 5 heteroatoms. The Hall–Kier alpha value is -1.36. The Morgan fingerprint density at radius 3 is 2.88 bits per heavy atom. The van der Waals surface area contributed by atoms with Crippen molar-refractivity contribution in [2.24, 2.45) is 12.8 Å². The van der Waals surface area contributed by atoms with Gasteiger partial charge >= 0.3 is 0 Å². The van der Waals surface area contributed by atoms with E-state index in [1.807, 2.05) is 6.92 Å². The second-order valence-electron chi connectivity index (χ2n) is 4.84. The van der Waals surface area contributed by atoms with E-state index in [9.17, 15) is 4.79 Å². The Kier molecular flexibility index (Phi) is 4.69. The Morgan fingerprint density at radius 1 is 1.65 bits per heavy atom. The molecule has 0 saturated carbocycles. The van der Waals surface area contributed by atoms with Crippen molar-refractivity contribution in [3.8, 4) is 0 Å². The van der Waals surface area contributed by atoms with Gasteiger partial charge in [0.1, 0.15) is 0 Å². The highest BCUT2D eigenvalue weighted by atomic mass is 16.1. The number of nitrogens with zero attached hydrogens (tertiary/aromatic N) is 2. The second kappa shape index (κ2) is 5.82. The SMILES string of the molecule is CCCC[C@@](C)(N)CNC(=O)c1cnn(C)c1. The molecule has 5 nitrogen and oxygen atoms in total. The van der Waals surface area contributed by atoms with Crippen molar-refractivity contribution in [1.82, 2.24) is 15.1 Å². The molecule has 1 aromatic heterocycles. The van der Waals surface area contributed by atoms with E-state index in [0.29, 0.717) is 12.1 Å². The zero-order valence-electron chi connectivity index (χ0n) is 10.9. The minimum atomic E-state index is -0.339. The minimum absolute atomic E-state index is 0.119. The lowest BCUT2D eigenvalue weighted by atomic mass is 9.96. The van der Waals surface area contributed by atoms with E-state index in [0.717, 1.165) is 19.3 Å². The van der Waals surface area contributed by atoms with Crippen LogP contribution in [0.15, 0.2) is 12.4 Å². The average molecular weight is 238 g/mol. The quantitative estimate of drug-likeness (QED) is 0.778. The van der Waals surface area contributed by atoms with E-state index in [4.69, 9.17) is 5.73 Å². The minimum Gasteiger partial charge on any atom is -0.350 e. The van der Waals surface area contributed by atoms with Gasteiger partial charge in [-0.25, -0.2) is 0 Å². The topological polar surface area (TPSA) is 72.9 Å². The number of hydrogen-bond acceptors (Lipinski definition) is 3. The summed E-state index contributed by atoms with van der Waals surface area (Å²) in [6.07, 6.45) is 6.35. The number of hydrogen-bond donors (Lipinski definition) is 2. The number of aromatic nitrogens is 2. The van der Waals surface area contributed by atoms with E-state index in [1.165, 1.54) is 0 Å². The summed E-state index contributed by atoms with van der Waals surface area (Å²) in [4.78, 5) is 11.8. The van der Waals surface area contributed by atoms with E-state index in [1.54, 1.807) is 24.1 Å². The molecule has 0 aliphatic rings. The highest BCUT2D eigenvalue weighted by molar-refractivity contribution is 5.93. The lowest BCUT2D eigenvalue weighted by Crippen LogP contribution is -2.47. The number of carbonyl (C=O) groups excluding carboxylic acids is 1. The van der Waals surface area contributed by atoms with Crippen molar-refractivity contribution in [3.05, 3.63) is 18.0 Å². The number of rotatable bonds is 6. The first-order valence-electron chi connectivity index (χ1n) is 6.00. The van der Waals surface area contributed by atoms with Gasteiger partial charge in [-0.2, -0.15) is 5.10 Å². The van der Waals surface area contributed by atoms with Gasteiger partial charge in [0, 0.05) is 25.3 Å². The van der Waals surface area contributed by atoms with Gasteiger partial charge in [-0.3, -0.25) is 9.48 Å². The third kappa shape index (κ3) is 4.56. The number of nitrogens with two attached hydrogens (primary N) is 1.